The van der Waals surface area contributed by atoms with Crippen molar-refractivity contribution < 1.29 is 9.21 Å². The summed E-state index contributed by atoms with van der Waals surface area (Å²) in [6.45, 7) is 1.90. The molecule has 0 spiro atoms. The van der Waals surface area contributed by atoms with E-state index in [1.807, 2.05) is 13.0 Å². The number of carbonyl (C=O) groups excluding carboxylic acids is 1. The van der Waals surface area contributed by atoms with Crippen molar-refractivity contribution in [1.29, 1.82) is 0 Å². The number of nitrogens with two attached hydrogens (primary N) is 1. The van der Waals surface area contributed by atoms with Crippen LogP contribution in [0.3, 0.4) is 0 Å². The van der Waals surface area contributed by atoms with Gasteiger partial charge in [-0.15, -0.1) is 0 Å². The molecule has 0 amide bonds. The zero-order chi connectivity index (χ0) is 9.68. The van der Waals surface area contributed by atoms with Crippen molar-refractivity contribution in [3.05, 3.63) is 24.2 Å². The smallest absolute Gasteiger partial charge is 0.140 e. The van der Waals surface area contributed by atoms with Crippen LogP contribution >= 0.6 is 0 Å². The standard InChI is InChI=1S/C10H15NO2/c1-8(11)4-5-9(12)7-10-3-2-6-13-10/h2-3,6,8H,4-5,7,11H2,1H3. The summed E-state index contributed by atoms with van der Waals surface area (Å²) >= 11 is 0. The average Bonchev–Trinajstić information content (AvgIpc) is 2.53. The Balaban J connectivity index is 2.26. The first kappa shape index (κ1) is 9.99. The van der Waals surface area contributed by atoms with E-state index >= 15 is 0 Å². The minimum absolute atomic E-state index is 0.0977. The molecule has 3 nitrogen and oxygen atoms in total. The molecular formula is C10H15NO2. The molecule has 3 heteroatoms. The van der Waals surface area contributed by atoms with Gasteiger partial charge in [0.05, 0.1) is 12.7 Å². The lowest BCUT2D eigenvalue weighted by Crippen LogP contribution is -2.16. The highest BCUT2D eigenvalue weighted by atomic mass is 16.3. The van der Waals surface area contributed by atoms with Crippen molar-refractivity contribution in [3.63, 3.8) is 0 Å². The number of hydrogen-bond acceptors (Lipinski definition) is 3. The van der Waals surface area contributed by atoms with Gasteiger partial charge < -0.3 is 10.2 Å². The van der Waals surface area contributed by atoms with E-state index in [1.165, 1.54) is 0 Å². The Labute approximate surface area is 77.9 Å². The number of carbonyl (C=O) groups is 1. The third kappa shape index (κ3) is 3.90. The second-order valence-electron chi connectivity index (χ2n) is 3.31. The van der Waals surface area contributed by atoms with E-state index < -0.39 is 0 Å². The van der Waals surface area contributed by atoms with Gasteiger partial charge in [-0.2, -0.15) is 0 Å². The van der Waals surface area contributed by atoms with Gasteiger partial charge in [0.15, 0.2) is 0 Å². The fourth-order valence-corrected chi connectivity index (χ4v) is 1.08. The van der Waals surface area contributed by atoms with Crippen LogP contribution in [-0.4, -0.2) is 11.8 Å². The molecule has 1 aromatic rings. The third-order valence-electron chi connectivity index (χ3n) is 1.83. The lowest BCUT2D eigenvalue weighted by Gasteiger charge is -2.02. The van der Waals surface area contributed by atoms with Crippen LogP contribution in [0.15, 0.2) is 22.8 Å². The number of Topliss-reactive ketones (excluding diaryl/α,β-unsaturated/α-hetero) is 1. The van der Waals surface area contributed by atoms with Crippen LogP contribution < -0.4 is 5.73 Å². The largest absolute Gasteiger partial charge is 0.469 e. The molecule has 0 aliphatic carbocycles. The molecule has 0 radical (unpaired) electrons. The second kappa shape index (κ2) is 4.82. The van der Waals surface area contributed by atoms with Gasteiger partial charge in [0.2, 0.25) is 0 Å². The molecule has 0 aliphatic heterocycles. The Kier molecular flexibility index (Phi) is 3.71. The molecule has 2 N–H and O–H groups in total. The summed E-state index contributed by atoms with van der Waals surface area (Å²) in [4.78, 5) is 11.3. The second-order valence-corrected chi connectivity index (χ2v) is 3.31. The first-order valence-corrected chi connectivity index (χ1v) is 4.48. The maximum Gasteiger partial charge on any atom is 0.140 e. The summed E-state index contributed by atoms with van der Waals surface area (Å²) in [6, 6.07) is 3.69. The topological polar surface area (TPSA) is 56.2 Å². The van der Waals surface area contributed by atoms with E-state index in [2.05, 4.69) is 0 Å². The van der Waals surface area contributed by atoms with Crippen LogP contribution in [-0.2, 0) is 11.2 Å². The molecule has 72 valence electrons. The monoisotopic (exact) mass is 181 g/mol. The highest BCUT2D eigenvalue weighted by molar-refractivity contribution is 5.80. The van der Waals surface area contributed by atoms with Gasteiger partial charge in [-0.05, 0) is 25.5 Å². The molecule has 0 saturated heterocycles. The Bertz CT molecular complexity index is 252. The van der Waals surface area contributed by atoms with Gasteiger partial charge in [-0.3, -0.25) is 4.79 Å². The van der Waals surface area contributed by atoms with Gasteiger partial charge in [0, 0.05) is 12.5 Å². The van der Waals surface area contributed by atoms with E-state index in [0.717, 1.165) is 12.2 Å². The lowest BCUT2D eigenvalue weighted by molar-refractivity contribution is -0.118. The lowest BCUT2D eigenvalue weighted by atomic mass is 10.1. The third-order valence-corrected chi connectivity index (χ3v) is 1.83. The summed E-state index contributed by atoms with van der Waals surface area (Å²) in [5, 5.41) is 0. The molecule has 1 atom stereocenters. The van der Waals surface area contributed by atoms with Crippen molar-refractivity contribution in [1.82, 2.24) is 0 Å². The summed E-state index contributed by atoms with van der Waals surface area (Å²) in [7, 11) is 0. The van der Waals surface area contributed by atoms with E-state index in [0.29, 0.717) is 12.8 Å². The number of furan rings is 1. The van der Waals surface area contributed by atoms with Crippen molar-refractivity contribution in [2.45, 2.75) is 32.2 Å². The highest BCUT2D eigenvalue weighted by Crippen LogP contribution is 2.04. The molecule has 0 aromatic carbocycles. The fraction of sp³-hybridized carbons (Fsp3) is 0.500. The molecule has 1 rings (SSSR count). The normalized spacial score (nSPS) is 12.8. The number of ketones is 1. The Morgan fingerprint density at radius 1 is 1.69 bits per heavy atom. The SMILES string of the molecule is CC(N)CCC(=O)Cc1ccco1. The van der Waals surface area contributed by atoms with Gasteiger partial charge in [0.1, 0.15) is 11.5 Å². The van der Waals surface area contributed by atoms with Crippen LogP contribution in [0, 0.1) is 0 Å². The van der Waals surface area contributed by atoms with Gasteiger partial charge in [-0.25, -0.2) is 0 Å². The highest BCUT2D eigenvalue weighted by Gasteiger charge is 2.06. The van der Waals surface area contributed by atoms with Crippen molar-refractivity contribution >= 4 is 5.78 Å². The molecule has 0 saturated carbocycles. The molecule has 0 fully saturated rings. The summed E-state index contributed by atoms with van der Waals surface area (Å²) in [5.41, 5.74) is 5.54. The van der Waals surface area contributed by atoms with E-state index in [9.17, 15) is 4.79 Å². The van der Waals surface area contributed by atoms with E-state index in [-0.39, 0.29) is 11.8 Å². The van der Waals surface area contributed by atoms with Gasteiger partial charge in [0.25, 0.3) is 0 Å². The molecule has 1 unspecified atom stereocenters. The average molecular weight is 181 g/mol. The van der Waals surface area contributed by atoms with Crippen LogP contribution in [0.1, 0.15) is 25.5 Å². The zero-order valence-electron chi connectivity index (χ0n) is 7.82. The molecule has 1 heterocycles. The minimum atomic E-state index is 0.0977. The predicted molar refractivity (Wildman–Crippen MR) is 50.3 cm³/mol. The van der Waals surface area contributed by atoms with Gasteiger partial charge in [-0.1, -0.05) is 0 Å². The van der Waals surface area contributed by atoms with Crippen molar-refractivity contribution in [2.75, 3.05) is 0 Å². The van der Waals surface area contributed by atoms with E-state index in [1.54, 1.807) is 12.3 Å². The Morgan fingerprint density at radius 3 is 3.00 bits per heavy atom. The first-order valence-electron chi connectivity index (χ1n) is 4.48. The minimum Gasteiger partial charge on any atom is -0.469 e. The predicted octanol–water partition coefficient (Wildman–Crippen LogP) is 1.52. The van der Waals surface area contributed by atoms with Gasteiger partial charge >= 0.3 is 0 Å². The molecule has 0 bridgehead atoms. The van der Waals surface area contributed by atoms with Crippen molar-refractivity contribution in [3.8, 4) is 0 Å². The molecule has 0 aliphatic rings. The van der Waals surface area contributed by atoms with Crippen LogP contribution in [0.5, 0.6) is 0 Å². The summed E-state index contributed by atoms with van der Waals surface area (Å²) in [5.74, 6) is 0.918. The molecular weight excluding hydrogens is 166 g/mol. The van der Waals surface area contributed by atoms with E-state index in [4.69, 9.17) is 10.2 Å². The number of rotatable bonds is 5. The summed E-state index contributed by atoms with van der Waals surface area (Å²) < 4.78 is 5.06. The maximum atomic E-state index is 11.3. The number of hydrogen-bond donors (Lipinski definition) is 1. The quantitative estimate of drug-likeness (QED) is 0.749. The summed E-state index contributed by atoms with van der Waals surface area (Å²) in [6.07, 6.45) is 3.26. The molecule has 1 aromatic heterocycles. The van der Waals surface area contributed by atoms with Crippen molar-refractivity contribution in [2.24, 2.45) is 5.73 Å². The van der Waals surface area contributed by atoms with Crippen LogP contribution in [0.25, 0.3) is 0 Å². The fourth-order valence-electron chi connectivity index (χ4n) is 1.08. The first-order chi connectivity index (χ1) is 6.18. The maximum absolute atomic E-state index is 11.3. The molecule has 13 heavy (non-hydrogen) atoms. The Hall–Kier alpha value is -1.09. The van der Waals surface area contributed by atoms with Crippen LogP contribution in [0.4, 0.5) is 0 Å². The van der Waals surface area contributed by atoms with Crippen LogP contribution in [0.2, 0.25) is 0 Å². The Morgan fingerprint density at radius 2 is 2.46 bits per heavy atom. The zero-order valence-corrected chi connectivity index (χ0v) is 7.82.